The van der Waals surface area contributed by atoms with Crippen LogP contribution < -0.4 is 10.2 Å². The number of nitrogens with one attached hydrogen (secondary N) is 1. The first kappa shape index (κ1) is 19.6. The van der Waals surface area contributed by atoms with E-state index in [1.165, 1.54) is 47.8 Å². The van der Waals surface area contributed by atoms with E-state index in [2.05, 4.69) is 20.4 Å². The maximum Gasteiger partial charge on any atom is 0.406 e. The van der Waals surface area contributed by atoms with Crippen LogP contribution in [0.25, 0.3) is 5.82 Å². The van der Waals surface area contributed by atoms with Crippen molar-refractivity contribution in [2.45, 2.75) is 19.0 Å². The van der Waals surface area contributed by atoms with Crippen molar-refractivity contribution in [3.8, 4) is 5.82 Å². The largest absolute Gasteiger partial charge is 0.406 e. The highest BCUT2D eigenvalue weighted by Gasteiger charge is 2.36. The van der Waals surface area contributed by atoms with Crippen molar-refractivity contribution in [3.05, 3.63) is 60.3 Å². The minimum Gasteiger partial charge on any atom is -0.322 e. The fraction of sp³-hybridized carbons (Fsp3) is 0.211. The van der Waals surface area contributed by atoms with Crippen LogP contribution in [0.15, 0.2) is 49.2 Å². The summed E-state index contributed by atoms with van der Waals surface area (Å²) in [5.41, 5.74) is 1.51. The zero-order valence-corrected chi connectivity index (χ0v) is 15.4. The highest BCUT2D eigenvalue weighted by molar-refractivity contribution is 6.05. The predicted molar refractivity (Wildman–Crippen MR) is 100 cm³/mol. The Bertz CT molecular complexity index is 1100. The molecule has 1 N–H and O–H groups in total. The van der Waals surface area contributed by atoms with Gasteiger partial charge in [-0.1, -0.05) is 0 Å². The van der Waals surface area contributed by atoms with Gasteiger partial charge < -0.3 is 10.2 Å². The zero-order valence-electron chi connectivity index (χ0n) is 15.4. The topological polar surface area (TPSA) is 93.0 Å². The van der Waals surface area contributed by atoms with Gasteiger partial charge in [-0.05, 0) is 42.3 Å². The van der Waals surface area contributed by atoms with Gasteiger partial charge in [0.2, 0.25) is 5.91 Å². The van der Waals surface area contributed by atoms with E-state index in [4.69, 9.17) is 0 Å². The van der Waals surface area contributed by atoms with Crippen molar-refractivity contribution in [2.24, 2.45) is 0 Å². The molecule has 30 heavy (non-hydrogen) atoms. The molecule has 8 nitrogen and oxygen atoms in total. The number of alkyl halides is 3. The molecule has 0 unspecified atom stereocenters. The number of hydrogen-bond donors (Lipinski definition) is 1. The first-order valence-electron chi connectivity index (χ1n) is 8.92. The van der Waals surface area contributed by atoms with E-state index >= 15 is 0 Å². The first-order chi connectivity index (χ1) is 14.3. The van der Waals surface area contributed by atoms with Crippen molar-refractivity contribution < 1.29 is 22.8 Å². The molecule has 0 radical (unpaired) electrons. The summed E-state index contributed by atoms with van der Waals surface area (Å²) in [6.07, 6.45) is 0.0274. The Morgan fingerprint density at radius 3 is 2.73 bits per heavy atom. The molecule has 3 heterocycles. The molecule has 0 fully saturated rings. The Morgan fingerprint density at radius 2 is 2.00 bits per heavy atom. The van der Waals surface area contributed by atoms with Crippen LogP contribution in [-0.4, -0.2) is 44.3 Å². The number of nitrogens with zero attached hydrogens (tertiary/aromatic N) is 5. The number of aryl methyl sites for hydroxylation is 1. The van der Waals surface area contributed by atoms with Crippen molar-refractivity contribution in [1.82, 2.24) is 19.7 Å². The van der Waals surface area contributed by atoms with E-state index in [1.807, 2.05) is 0 Å². The summed E-state index contributed by atoms with van der Waals surface area (Å²) in [7, 11) is 0. The number of rotatable bonds is 4. The molecular weight excluding hydrogens is 401 g/mol. The van der Waals surface area contributed by atoms with Crippen LogP contribution in [0.4, 0.5) is 24.5 Å². The van der Waals surface area contributed by atoms with Gasteiger partial charge in [0.1, 0.15) is 19.2 Å². The molecule has 4 rings (SSSR count). The number of aromatic nitrogens is 4. The lowest BCUT2D eigenvalue weighted by molar-refractivity contribution is -0.132. The molecule has 0 saturated carbocycles. The third-order valence-corrected chi connectivity index (χ3v) is 4.54. The molecule has 0 atom stereocenters. The molecule has 3 aromatic rings. The van der Waals surface area contributed by atoms with Gasteiger partial charge in [0.05, 0.1) is 0 Å². The number of fused-ring (bicyclic) bond motifs is 1. The molecule has 0 spiro atoms. The average Bonchev–Trinajstić information content (AvgIpc) is 3.24. The van der Waals surface area contributed by atoms with Crippen LogP contribution in [-0.2, 0) is 11.2 Å². The lowest BCUT2D eigenvalue weighted by Gasteiger charge is -2.30. The number of carbonyl (C=O) groups is 2. The summed E-state index contributed by atoms with van der Waals surface area (Å²) in [4.78, 5) is 33.2. The van der Waals surface area contributed by atoms with Gasteiger partial charge in [0, 0.05) is 29.6 Å². The monoisotopic (exact) mass is 416 g/mol. The molecule has 2 aromatic heterocycles. The number of halogens is 3. The molecule has 0 saturated heterocycles. The molecule has 2 amide bonds. The first-order valence-corrected chi connectivity index (χ1v) is 8.92. The Labute approximate surface area is 168 Å². The van der Waals surface area contributed by atoms with Gasteiger partial charge >= 0.3 is 6.18 Å². The predicted octanol–water partition coefficient (Wildman–Crippen LogP) is 2.76. The smallest absolute Gasteiger partial charge is 0.322 e. The molecule has 1 aromatic carbocycles. The van der Waals surface area contributed by atoms with E-state index in [9.17, 15) is 22.8 Å². The number of hydrogen-bond acceptors (Lipinski definition) is 5. The summed E-state index contributed by atoms with van der Waals surface area (Å²) in [6.45, 7) is -1.34. The molecule has 11 heteroatoms. The lowest BCUT2D eigenvalue weighted by Crippen LogP contribution is -2.41. The normalized spacial score (nSPS) is 13.8. The van der Waals surface area contributed by atoms with Gasteiger partial charge in [0.15, 0.2) is 5.82 Å². The number of carbonyl (C=O) groups excluding carboxylic acids is 2. The maximum absolute atomic E-state index is 12.8. The van der Waals surface area contributed by atoms with Crippen LogP contribution in [0.3, 0.4) is 0 Å². The number of pyridine rings is 1. The summed E-state index contributed by atoms with van der Waals surface area (Å²) in [5, 5.41) is 6.67. The van der Waals surface area contributed by atoms with Crippen LogP contribution in [0, 0.1) is 0 Å². The minimum absolute atomic E-state index is 0.0217. The van der Waals surface area contributed by atoms with Crippen LogP contribution in [0.2, 0.25) is 0 Å². The van der Waals surface area contributed by atoms with Crippen molar-refractivity contribution in [3.63, 3.8) is 0 Å². The van der Waals surface area contributed by atoms with Crippen LogP contribution in [0.1, 0.15) is 22.3 Å². The second-order valence-corrected chi connectivity index (χ2v) is 6.64. The Morgan fingerprint density at radius 1 is 1.17 bits per heavy atom. The molecule has 1 aliphatic heterocycles. The van der Waals surface area contributed by atoms with E-state index < -0.39 is 24.5 Å². The summed E-state index contributed by atoms with van der Waals surface area (Å²) < 4.78 is 39.8. The Balaban J connectivity index is 1.54. The van der Waals surface area contributed by atoms with E-state index in [0.29, 0.717) is 29.1 Å². The molecule has 1 aliphatic rings. The molecule has 154 valence electrons. The molecule has 0 bridgehead atoms. The molecular formula is C19H15F3N6O2. The SMILES string of the molecule is O=C(Nc1ccc2c(c1)CCC(=O)N2CC(F)(F)F)c1ccnc(-n2cncn2)c1. The highest BCUT2D eigenvalue weighted by Crippen LogP contribution is 2.32. The zero-order chi connectivity index (χ0) is 21.3. The van der Waals surface area contributed by atoms with Crippen molar-refractivity contribution in [1.29, 1.82) is 0 Å². The number of anilines is 2. The van der Waals surface area contributed by atoms with Gasteiger partial charge in [-0.2, -0.15) is 18.3 Å². The second-order valence-electron chi connectivity index (χ2n) is 6.64. The van der Waals surface area contributed by atoms with Crippen LogP contribution >= 0.6 is 0 Å². The Hall–Kier alpha value is -3.76. The molecule has 0 aliphatic carbocycles. The van der Waals surface area contributed by atoms with Crippen molar-refractivity contribution >= 4 is 23.2 Å². The van der Waals surface area contributed by atoms with E-state index in [-0.39, 0.29) is 12.1 Å². The second kappa shape index (κ2) is 7.58. The summed E-state index contributed by atoms with van der Waals surface area (Å²) in [5.74, 6) is -0.585. The quantitative estimate of drug-likeness (QED) is 0.706. The van der Waals surface area contributed by atoms with E-state index in [1.54, 1.807) is 6.07 Å². The Kier molecular flexibility index (Phi) is 4.94. The fourth-order valence-corrected chi connectivity index (χ4v) is 3.21. The van der Waals surface area contributed by atoms with Crippen LogP contribution in [0.5, 0.6) is 0 Å². The highest BCUT2D eigenvalue weighted by atomic mass is 19.4. The van der Waals surface area contributed by atoms with Gasteiger partial charge in [0.25, 0.3) is 5.91 Å². The number of benzene rings is 1. The third kappa shape index (κ3) is 4.14. The standard InChI is InChI=1S/C19H15F3N6O2/c20-19(21,22)9-27-15-3-2-14(7-12(15)1-4-17(27)29)26-18(30)13-5-6-24-16(8-13)28-11-23-10-25-28/h2-3,5-8,10-11H,1,4,9H2,(H,26,30). The maximum atomic E-state index is 12.8. The summed E-state index contributed by atoms with van der Waals surface area (Å²) >= 11 is 0. The number of amides is 2. The lowest BCUT2D eigenvalue weighted by atomic mass is 10.00. The fourth-order valence-electron chi connectivity index (χ4n) is 3.21. The third-order valence-electron chi connectivity index (χ3n) is 4.54. The van der Waals surface area contributed by atoms with Gasteiger partial charge in [-0.3, -0.25) is 9.59 Å². The summed E-state index contributed by atoms with van der Waals surface area (Å²) in [6, 6.07) is 7.53. The van der Waals surface area contributed by atoms with Gasteiger partial charge in [-0.25, -0.2) is 14.6 Å². The van der Waals surface area contributed by atoms with Gasteiger partial charge in [-0.15, -0.1) is 0 Å². The average molecular weight is 416 g/mol. The van der Waals surface area contributed by atoms with Crippen molar-refractivity contribution in [2.75, 3.05) is 16.8 Å². The van der Waals surface area contributed by atoms with E-state index in [0.717, 1.165) is 4.90 Å². The minimum atomic E-state index is -4.50.